The number of aryl methyl sites for hydroxylation is 1. The minimum absolute atomic E-state index is 0.0985. The van der Waals surface area contributed by atoms with Gasteiger partial charge in [0.25, 0.3) is 5.91 Å². The van der Waals surface area contributed by atoms with Crippen molar-refractivity contribution in [1.29, 1.82) is 0 Å². The number of carbonyl (C=O) groups excluding carboxylic acids is 3. The summed E-state index contributed by atoms with van der Waals surface area (Å²) in [5.74, 6) is -0.871. The third-order valence-corrected chi connectivity index (χ3v) is 4.60. The van der Waals surface area contributed by atoms with Crippen molar-refractivity contribution in [3.63, 3.8) is 0 Å². The van der Waals surface area contributed by atoms with E-state index >= 15 is 0 Å². The maximum Gasteiger partial charge on any atom is 0.251 e. The van der Waals surface area contributed by atoms with Crippen molar-refractivity contribution in [2.24, 2.45) is 0 Å². The Hall–Kier alpha value is -3.15. The first-order valence-electron chi connectivity index (χ1n) is 9.08. The van der Waals surface area contributed by atoms with Crippen molar-refractivity contribution >= 4 is 23.4 Å². The number of hydrogen-bond acceptors (Lipinski definition) is 3. The zero-order chi connectivity index (χ0) is 19.2. The summed E-state index contributed by atoms with van der Waals surface area (Å²) in [4.78, 5) is 38.6. The van der Waals surface area contributed by atoms with E-state index in [2.05, 4.69) is 10.6 Å². The van der Waals surface area contributed by atoms with Gasteiger partial charge in [0.05, 0.1) is 6.54 Å². The standard InChI is InChI=1S/C21H23N3O3/c1-15(23-21(27)17-9-3-2-4-10-17)20(26)22-14-19(25)24-13-7-11-16-8-5-6-12-18(16)24/h2-6,8-10,12,15H,7,11,13-14H2,1H3,(H,22,26)(H,23,27). The average molecular weight is 365 g/mol. The van der Waals surface area contributed by atoms with E-state index < -0.39 is 11.9 Å². The van der Waals surface area contributed by atoms with E-state index in [1.165, 1.54) is 0 Å². The smallest absolute Gasteiger partial charge is 0.251 e. The number of hydrogen-bond donors (Lipinski definition) is 2. The van der Waals surface area contributed by atoms with Crippen LogP contribution in [0.15, 0.2) is 54.6 Å². The number of carbonyl (C=O) groups is 3. The Kier molecular flexibility index (Phi) is 5.86. The first-order valence-corrected chi connectivity index (χ1v) is 9.08. The van der Waals surface area contributed by atoms with Crippen LogP contribution in [0.1, 0.15) is 29.3 Å². The molecule has 0 aliphatic carbocycles. The lowest BCUT2D eigenvalue weighted by atomic mass is 10.0. The maximum atomic E-state index is 12.6. The summed E-state index contributed by atoms with van der Waals surface area (Å²) < 4.78 is 0. The molecule has 1 unspecified atom stereocenters. The van der Waals surface area contributed by atoms with Crippen molar-refractivity contribution in [1.82, 2.24) is 10.6 Å². The lowest BCUT2D eigenvalue weighted by Gasteiger charge is -2.29. The van der Waals surface area contributed by atoms with Gasteiger partial charge in [0, 0.05) is 17.8 Å². The second-order valence-corrected chi connectivity index (χ2v) is 6.56. The highest BCUT2D eigenvalue weighted by atomic mass is 16.2. The van der Waals surface area contributed by atoms with Crippen molar-refractivity contribution < 1.29 is 14.4 Å². The Balaban J connectivity index is 1.53. The van der Waals surface area contributed by atoms with Crippen molar-refractivity contribution in [3.8, 4) is 0 Å². The van der Waals surface area contributed by atoms with Crippen LogP contribution in [0.25, 0.3) is 0 Å². The molecule has 3 amide bonds. The highest BCUT2D eigenvalue weighted by Crippen LogP contribution is 2.26. The molecule has 140 valence electrons. The van der Waals surface area contributed by atoms with Crippen LogP contribution in [0, 0.1) is 0 Å². The Bertz CT molecular complexity index is 836. The quantitative estimate of drug-likeness (QED) is 0.849. The average Bonchev–Trinajstić information content (AvgIpc) is 2.71. The molecule has 2 aromatic rings. The Morgan fingerprint density at radius 1 is 1.04 bits per heavy atom. The molecule has 6 heteroatoms. The first-order chi connectivity index (χ1) is 13.1. The summed E-state index contributed by atoms with van der Waals surface area (Å²) in [6.45, 7) is 2.14. The van der Waals surface area contributed by atoms with Crippen molar-refractivity contribution in [2.75, 3.05) is 18.0 Å². The van der Waals surface area contributed by atoms with Gasteiger partial charge in [-0.15, -0.1) is 0 Å². The molecular formula is C21H23N3O3. The molecular weight excluding hydrogens is 342 g/mol. The van der Waals surface area contributed by atoms with Crippen LogP contribution in [0.4, 0.5) is 5.69 Å². The number of anilines is 1. The highest BCUT2D eigenvalue weighted by Gasteiger charge is 2.23. The van der Waals surface area contributed by atoms with Gasteiger partial charge in [-0.1, -0.05) is 36.4 Å². The Morgan fingerprint density at radius 3 is 2.52 bits per heavy atom. The maximum absolute atomic E-state index is 12.6. The second-order valence-electron chi connectivity index (χ2n) is 6.56. The van der Waals surface area contributed by atoms with Crippen LogP contribution < -0.4 is 15.5 Å². The van der Waals surface area contributed by atoms with Gasteiger partial charge in [-0.3, -0.25) is 14.4 Å². The lowest BCUT2D eigenvalue weighted by Crippen LogP contribution is -2.48. The third kappa shape index (κ3) is 4.53. The number of amides is 3. The van der Waals surface area contributed by atoms with E-state index in [4.69, 9.17) is 0 Å². The fraction of sp³-hybridized carbons (Fsp3) is 0.286. The zero-order valence-electron chi connectivity index (χ0n) is 15.3. The fourth-order valence-corrected chi connectivity index (χ4v) is 3.14. The van der Waals surface area contributed by atoms with E-state index in [0.29, 0.717) is 12.1 Å². The molecule has 0 radical (unpaired) electrons. The van der Waals surface area contributed by atoms with Gasteiger partial charge in [0.1, 0.15) is 6.04 Å². The SMILES string of the molecule is CC(NC(=O)c1ccccc1)C(=O)NCC(=O)N1CCCc2ccccc21. The number of rotatable bonds is 5. The van der Waals surface area contributed by atoms with E-state index in [1.807, 2.05) is 30.3 Å². The lowest BCUT2D eigenvalue weighted by molar-refractivity contribution is -0.126. The highest BCUT2D eigenvalue weighted by molar-refractivity contribution is 6.00. The molecule has 1 heterocycles. The summed E-state index contributed by atoms with van der Waals surface area (Å²) in [6, 6.07) is 15.8. The van der Waals surface area contributed by atoms with Crippen LogP contribution in [0.5, 0.6) is 0 Å². The first kappa shape index (κ1) is 18.6. The molecule has 2 aromatic carbocycles. The van der Waals surface area contributed by atoms with Gasteiger partial charge in [-0.2, -0.15) is 0 Å². The van der Waals surface area contributed by atoms with Crippen molar-refractivity contribution in [3.05, 3.63) is 65.7 Å². The van der Waals surface area contributed by atoms with Crippen LogP contribution in [-0.2, 0) is 16.0 Å². The van der Waals surface area contributed by atoms with Crippen LogP contribution in [0.2, 0.25) is 0 Å². The predicted molar refractivity (Wildman–Crippen MR) is 103 cm³/mol. The summed E-state index contributed by atoms with van der Waals surface area (Å²) in [5, 5.41) is 5.26. The van der Waals surface area contributed by atoms with Crippen molar-refractivity contribution in [2.45, 2.75) is 25.8 Å². The number of nitrogens with zero attached hydrogens (tertiary/aromatic N) is 1. The Labute approximate surface area is 158 Å². The molecule has 6 nitrogen and oxygen atoms in total. The largest absolute Gasteiger partial charge is 0.345 e. The molecule has 0 aromatic heterocycles. The molecule has 1 aliphatic rings. The minimum Gasteiger partial charge on any atom is -0.345 e. The zero-order valence-corrected chi connectivity index (χ0v) is 15.3. The summed E-state index contributed by atoms with van der Waals surface area (Å²) >= 11 is 0. The van der Waals surface area contributed by atoms with Crippen LogP contribution >= 0.6 is 0 Å². The van der Waals surface area contributed by atoms with E-state index in [-0.39, 0.29) is 18.4 Å². The normalized spacial score (nSPS) is 14.0. The second kappa shape index (κ2) is 8.49. The predicted octanol–water partition coefficient (Wildman–Crippen LogP) is 1.90. The molecule has 3 rings (SSSR count). The van der Waals surface area contributed by atoms with Crippen LogP contribution in [0.3, 0.4) is 0 Å². The molecule has 1 aliphatic heterocycles. The molecule has 0 bridgehead atoms. The van der Waals surface area contributed by atoms with E-state index in [1.54, 1.807) is 36.1 Å². The molecule has 0 spiro atoms. The summed E-state index contributed by atoms with van der Waals surface area (Å²) in [7, 11) is 0. The fourth-order valence-electron chi connectivity index (χ4n) is 3.14. The van der Waals surface area contributed by atoms with Gasteiger partial charge in [-0.05, 0) is 43.5 Å². The van der Waals surface area contributed by atoms with E-state index in [0.717, 1.165) is 24.1 Å². The molecule has 1 atom stereocenters. The third-order valence-electron chi connectivity index (χ3n) is 4.60. The molecule has 2 N–H and O–H groups in total. The number of para-hydroxylation sites is 1. The van der Waals surface area contributed by atoms with Gasteiger partial charge >= 0.3 is 0 Å². The summed E-state index contributed by atoms with van der Waals surface area (Å²) in [6.07, 6.45) is 1.86. The number of benzene rings is 2. The van der Waals surface area contributed by atoms with Crippen LogP contribution in [-0.4, -0.2) is 36.9 Å². The summed E-state index contributed by atoms with van der Waals surface area (Å²) in [5.41, 5.74) is 2.54. The van der Waals surface area contributed by atoms with Gasteiger partial charge in [0.15, 0.2) is 0 Å². The molecule has 0 fully saturated rings. The molecule has 0 saturated carbocycles. The minimum atomic E-state index is -0.737. The number of fused-ring (bicyclic) bond motifs is 1. The van der Waals surface area contributed by atoms with Gasteiger partial charge in [-0.25, -0.2) is 0 Å². The Morgan fingerprint density at radius 2 is 1.74 bits per heavy atom. The van der Waals surface area contributed by atoms with Gasteiger partial charge in [0.2, 0.25) is 11.8 Å². The van der Waals surface area contributed by atoms with Gasteiger partial charge < -0.3 is 15.5 Å². The van der Waals surface area contributed by atoms with E-state index in [9.17, 15) is 14.4 Å². The molecule has 0 saturated heterocycles. The topological polar surface area (TPSA) is 78.5 Å². The number of nitrogens with one attached hydrogen (secondary N) is 2. The molecule has 27 heavy (non-hydrogen) atoms. The monoisotopic (exact) mass is 365 g/mol.